The third kappa shape index (κ3) is 2.59. The van der Waals surface area contributed by atoms with Gasteiger partial charge in [-0.2, -0.15) is 0 Å². The van der Waals surface area contributed by atoms with Crippen molar-refractivity contribution in [3.63, 3.8) is 0 Å². The van der Waals surface area contributed by atoms with Crippen molar-refractivity contribution in [3.05, 3.63) is 50.8 Å². The fraction of sp³-hybridized carbons (Fsp3) is 0.0833. The van der Waals surface area contributed by atoms with Gasteiger partial charge in [0.2, 0.25) is 0 Å². The summed E-state index contributed by atoms with van der Waals surface area (Å²) >= 11 is 17.6. The molecule has 0 atom stereocenters. The second-order valence-corrected chi connectivity index (χ2v) is 4.77. The molecule has 0 aliphatic carbocycles. The number of aromatic nitrogens is 1. The molecule has 0 unspecified atom stereocenters. The SMILES string of the molecule is OCc1cc(-c2cc(Cl)c(Cl)c(Cl)c2)ncc1F. The van der Waals surface area contributed by atoms with E-state index in [1.165, 1.54) is 6.07 Å². The molecule has 0 radical (unpaired) electrons. The Kier molecular flexibility index (Phi) is 4.07. The third-order valence-electron chi connectivity index (χ3n) is 2.38. The van der Waals surface area contributed by atoms with Crippen molar-refractivity contribution in [2.45, 2.75) is 6.61 Å². The maximum atomic E-state index is 13.2. The molecule has 1 heterocycles. The molecule has 94 valence electrons. The van der Waals surface area contributed by atoms with Gasteiger partial charge < -0.3 is 5.11 Å². The first-order chi connectivity index (χ1) is 8.52. The van der Waals surface area contributed by atoms with E-state index in [-0.39, 0.29) is 20.6 Å². The van der Waals surface area contributed by atoms with Crippen LogP contribution in [-0.4, -0.2) is 10.1 Å². The molecule has 1 aromatic carbocycles. The maximum absolute atomic E-state index is 13.2. The van der Waals surface area contributed by atoms with Gasteiger partial charge in [-0.05, 0) is 18.2 Å². The topological polar surface area (TPSA) is 33.1 Å². The van der Waals surface area contributed by atoms with E-state index in [0.717, 1.165) is 6.20 Å². The fourth-order valence-corrected chi connectivity index (χ4v) is 2.06. The molecule has 0 saturated heterocycles. The quantitative estimate of drug-likeness (QED) is 0.837. The summed E-state index contributed by atoms with van der Waals surface area (Å²) in [5.41, 5.74) is 1.22. The summed E-state index contributed by atoms with van der Waals surface area (Å²) in [4.78, 5) is 3.92. The monoisotopic (exact) mass is 305 g/mol. The van der Waals surface area contributed by atoms with Gasteiger partial charge in [-0.15, -0.1) is 0 Å². The van der Waals surface area contributed by atoms with Crippen LogP contribution in [0.15, 0.2) is 24.4 Å². The molecule has 1 aromatic heterocycles. The van der Waals surface area contributed by atoms with Gasteiger partial charge in [0.05, 0.1) is 33.6 Å². The maximum Gasteiger partial charge on any atom is 0.147 e. The van der Waals surface area contributed by atoms with Crippen LogP contribution in [0.5, 0.6) is 0 Å². The Morgan fingerprint density at radius 2 is 1.72 bits per heavy atom. The molecule has 18 heavy (non-hydrogen) atoms. The second kappa shape index (κ2) is 5.41. The lowest BCUT2D eigenvalue weighted by Crippen LogP contribution is -1.94. The van der Waals surface area contributed by atoms with Gasteiger partial charge in [0.25, 0.3) is 0 Å². The van der Waals surface area contributed by atoms with Gasteiger partial charge in [-0.1, -0.05) is 34.8 Å². The molecule has 1 N–H and O–H groups in total. The summed E-state index contributed by atoms with van der Waals surface area (Å²) in [6, 6.07) is 4.60. The van der Waals surface area contributed by atoms with Crippen molar-refractivity contribution in [1.82, 2.24) is 4.98 Å². The fourth-order valence-electron chi connectivity index (χ4n) is 1.46. The van der Waals surface area contributed by atoms with E-state index in [9.17, 15) is 4.39 Å². The predicted octanol–water partition coefficient (Wildman–Crippen LogP) is 4.34. The Morgan fingerprint density at radius 1 is 1.11 bits per heavy atom. The van der Waals surface area contributed by atoms with Crippen LogP contribution in [0.2, 0.25) is 15.1 Å². The Morgan fingerprint density at radius 3 is 2.28 bits per heavy atom. The van der Waals surface area contributed by atoms with Crippen molar-refractivity contribution >= 4 is 34.8 Å². The van der Waals surface area contributed by atoms with Gasteiger partial charge in [0, 0.05) is 11.1 Å². The number of hydrogen-bond acceptors (Lipinski definition) is 2. The highest BCUT2D eigenvalue weighted by atomic mass is 35.5. The molecular weight excluding hydrogens is 299 g/mol. The van der Waals surface area contributed by atoms with Crippen molar-refractivity contribution in [1.29, 1.82) is 0 Å². The number of benzene rings is 1. The number of hydrogen-bond donors (Lipinski definition) is 1. The molecule has 2 aromatic rings. The van der Waals surface area contributed by atoms with Gasteiger partial charge in [-0.25, -0.2) is 4.39 Å². The first-order valence-corrected chi connectivity index (χ1v) is 6.06. The van der Waals surface area contributed by atoms with Crippen LogP contribution in [0.25, 0.3) is 11.3 Å². The van der Waals surface area contributed by atoms with Crippen molar-refractivity contribution in [3.8, 4) is 11.3 Å². The summed E-state index contributed by atoms with van der Waals surface area (Å²) in [6.07, 6.45) is 1.04. The van der Waals surface area contributed by atoms with Gasteiger partial charge in [0.15, 0.2) is 0 Å². The summed E-state index contributed by atoms with van der Waals surface area (Å²) in [7, 11) is 0. The van der Waals surface area contributed by atoms with E-state index >= 15 is 0 Å². The van der Waals surface area contributed by atoms with E-state index in [4.69, 9.17) is 39.9 Å². The Bertz CT molecular complexity index is 581. The molecule has 0 aliphatic heterocycles. The molecule has 6 heteroatoms. The number of aliphatic hydroxyl groups excluding tert-OH is 1. The molecule has 0 saturated carbocycles. The average Bonchev–Trinajstić information content (AvgIpc) is 2.36. The highest BCUT2D eigenvalue weighted by Gasteiger charge is 2.10. The predicted molar refractivity (Wildman–Crippen MR) is 70.6 cm³/mol. The van der Waals surface area contributed by atoms with Gasteiger partial charge >= 0.3 is 0 Å². The molecule has 0 bridgehead atoms. The zero-order valence-corrected chi connectivity index (χ0v) is 11.2. The number of nitrogens with zero attached hydrogens (tertiary/aromatic N) is 1. The first-order valence-electron chi connectivity index (χ1n) is 4.93. The van der Waals surface area contributed by atoms with E-state index in [1.807, 2.05) is 0 Å². The number of halogens is 4. The van der Waals surface area contributed by atoms with Crippen LogP contribution in [-0.2, 0) is 6.61 Å². The van der Waals surface area contributed by atoms with Crippen LogP contribution in [0.3, 0.4) is 0 Å². The molecular formula is C12H7Cl3FNO. The number of aliphatic hydroxyl groups is 1. The molecule has 0 fully saturated rings. The third-order valence-corrected chi connectivity index (χ3v) is 3.58. The zero-order valence-electron chi connectivity index (χ0n) is 8.92. The lowest BCUT2D eigenvalue weighted by atomic mass is 10.1. The van der Waals surface area contributed by atoms with E-state index < -0.39 is 12.4 Å². The van der Waals surface area contributed by atoms with Crippen molar-refractivity contribution in [2.75, 3.05) is 0 Å². The lowest BCUT2D eigenvalue weighted by molar-refractivity contribution is 0.275. The summed E-state index contributed by atoms with van der Waals surface area (Å²) in [6.45, 7) is -0.406. The van der Waals surface area contributed by atoms with E-state index in [1.54, 1.807) is 12.1 Å². The smallest absolute Gasteiger partial charge is 0.147 e. The van der Waals surface area contributed by atoms with Crippen LogP contribution in [0, 0.1) is 5.82 Å². The number of pyridine rings is 1. The van der Waals surface area contributed by atoms with Crippen LogP contribution in [0.1, 0.15) is 5.56 Å². The second-order valence-electron chi connectivity index (χ2n) is 3.57. The summed E-state index contributed by atoms with van der Waals surface area (Å²) in [5, 5.41) is 9.83. The van der Waals surface area contributed by atoms with Crippen molar-refractivity contribution in [2.24, 2.45) is 0 Å². The normalized spacial score (nSPS) is 10.7. The van der Waals surface area contributed by atoms with Crippen LogP contribution < -0.4 is 0 Å². The molecule has 0 aliphatic rings. The standard InChI is InChI=1S/C12H7Cl3FNO/c13-8-1-6(2-9(14)12(8)15)11-3-7(5-18)10(16)4-17-11/h1-4,18H,5H2. The van der Waals surface area contributed by atoms with Crippen molar-refractivity contribution < 1.29 is 9.50 Å². The molecule has 2 nitrogen and oxygen atoms in total. The van der Waals surface area contributed by atoms with E-state index in [0.29, 0.717) is 11.3 Å². The molecule has 0 spiro atoms. The van der Waals surface area contributed by atoms with Gasteiger partial charge in [-0.3, -0.25) is 4.98 Å². The van der Waals surface area contributed by atoms with E-state index in [2.05, 4.69) is 4.98 Å². The average molecular weight is 307 g/mol. The number of rotatable bonds is 2. The minimum absolute atomic E-state index is 0.155. The Labute approximate surface area is 118 Å². The largest absolute Gasteiger partial charge is 0.392 e. The van der Waals surface area contributed by atoms with Crippen LogP contribution in [0.4, 0.5) is 4.39 Å². The summed E-state index contributed by atoms with van der Waals surface area (Å²) in [5.74, 6) is -0.563. The minimum Gasteiger partial charge on any atom is -0.392 e. The summed E-state index contributed by atoms with van der Waals surface area (Å²) < 4.78 is 13.2. The zero-order chi connectivity index (χ0) is 13.3. The highest BCUT2D eigenvalue weighted by molar-refractivity contribution is 6.48. The molecule has 2 rings (SSSR count). The Hall–Kier alpha value is -0.870. The molecule has 0 amide bonds. The highest BCUT2D eigenvalue weighted by Crippen LogP contribution is 2.34. The van der Waals surface area contributed by atoms with Gasteiger partial charge in [0.1, 0.15) is 5.82 Å². The first kappa shape index (κ1) is 13.6. The Balaban J connectivity index is 2.55. The minimum atomic E-state index is -0.563. The van der Waals surface area contributed by atoms with Crippen LogP contribution >= 0.6 is 34.8 Å². The lowest BCUT2D eigenvalue weighted by Gasteiger charge is -2.07.